The Morgan fingerprint density at radius 1 is 1.10 bits per heavy atom. The number of nitrogens with zero attached hydrogens (tertiary/aromatic N) is 2. The van der Waals surface area contributed by atoms with E-state index in [9.17, 15) is 14.0 Å². The monoisotopic (exact) mass is 425 g/mol. The minimum atomic E-state index is -0.441. The molecule has 8 heteroatoms. The molecule has 1 N–H and O–H groups in total. The average molecular weight is 425 g/mol. The number of nitrogens with one attached hydrogen (secondary N) is 1. The Kier molecular flexibility index (Phi) is 7.37. The van der Waals surface area contributed by atoms with Gasteiger partial charge in [-0.3, -0.25) is 9.59 Å². The van der Waals surface area contributed by atoms with Crippen LogP contribution in [0.3, 0.4) is 0 Å². The summed E-state index contributed by atoms with van der Waals surface area (Å²) in [5.41, 5.74) is 1.60. The Morgan fingerprint density at radius 3 is 2.55 bits per heavy atom. The second-order valence-corrected chi connectivity index (χ2v) is 6.87. The second kappa shape index (κ2) is 10.4. The van der Waals surface area contributed by atoms with Crippen molar-refractivity contribution in [1.82, 2.24) is 15.1 Å². The molecule has 1 heterocycles. The van der Waals surface area contributed by atoms with E-state index in [2.05, 4.69) is 10.4 Å². The summed E-state index contributed by atoms with van der Waals surface area (Å²) < 4.78 is 24.8. The number of rotatable bonds is 9. The van der Waals surface area contributed by atoms with Gasteiger partial charge in [-0.25, -0.2) is 9.07 Å². The van der Waals surface area contributed by atoms with Crippen molar-refractivity contribution in [1.29, 1.82) is 0 Å². The van der Waals surface area contributed by atoms with E-state index in [0.717, 1.165) is 15.8 Å². The van der Waals surface area contributed by atoms with Gasteiger partial charge in [-0.05, 0) is 54.8 Å². The molecule has 0 saturated heterocycles. The summed E-state index contributed by atoms with van der Waals surface area (Å²) in [4.78, 5) is 24.6. The van der Waals surface area contributed by atoms with Gasteiger partial charge in [0.2, 0.25) is 5.91 Å². The summed E-state index contributed by atoms with van der Waals surface area (Å²) in [5, 5.41) is 7.10. The van der Waals surface area contributed by atoms with Crippen molar-refractivity contribution in [2.45, 2.75) is 19.4 Å². The Morgan fingerprint density at radius 2 is 1.87 bits per heavy atom. The molecular formula is C23H24FN3O4. The van der Waals surface area contributed by atoms with E-state index in [-0.39, 0.29) is 18.3 Å². The minimum Gasteiger partial charge on any atom is -0.497 e. The maximum absolute atomic E-state index is 13.2. The first-order chi connectivity index (χ1) is 15.0. The Hall–Kier alpha value is -3.68. The molecule has 0 saturated carbocycles. The quantitative estimate of drug-likeness (QED) is 0.533. The van der Waals surface area contributed by atoms with Crippen molar-refractivity contribution < 1.29 is 18.7 Å². The first kappa shape index (κ1) is 22.0. The van der Waals surface area contributed by atoms with E-state index in [1.807, 2.05) is 6.07 Å². The third-order valence-electron chi connectivity index (χ3n) is 4.69. The van der Waals surface area contributed by atoms with Crippen molar-refractivity contribution in [2.24, 2.45) is 0 Å². The molecule has 0 fully saturated rings. The zero-order chi connectivity index (χ0) is 22.2. The zero-order valence-corrected chi connectivity index (χ0v) is 17.4. The van der Waals surface area contributed by atoms with Gasteiger partial charge in [0.25, 0.3) is 5.56 Å². The second-order valence-electron chi connectivity index (χ2n) is 6.87. The molecular weight excluding hydrogens is 401 g/mol. The van der Waals surface area contributed by atoms with Crippen LogP contribution in [0.5, 0.6) is 11.5 Å². The number of hydrogen-bond acceptors (Lipinski definition) is 5. The lowest BCUT2D eigenvalue weighted by Gasteiger charge is -2.12. The van der Waals surface area contributed by atoms with E-state index in [1.165, 1.54) is 25.3 Å². The molecule has 162 valence electrons. The summed E-state index contributed by atoms with van der Waals surface area (Å²) in [6.45, 7) is 0.192. The number of amides is 1. The largest absolute Gasteiger partial charge is 0.497 e. The smallest absolute Gasteiger partial charge is 0.270 e. The molecule has 0 bridgehead atoms. The molecule has 31 heavy (non-hydrogen) atoms. The Labute approximate surface area is 179 Å². The number of hydrogen-bond donors (Lipinski definition) is 1. The van der Waals surface area contributed by atoms with Crippen molar-refractivity contribution in [2.75, 3.05) is 20.8 Å². The Bertz CT molecular complexity index is 1100. The first-order valence-electron chi connectivity index (χ1n) is 9.82. The number of methoxy groups -OCH3 is 2. The summed E-state index contributed by atoms with van der Waals surface area (Å²) in [6.07, 6.45) is 1.29. The van der Waals surface area contributed by atoms with Crippen LogP contribution in [-0.2, 0) is 17.8 Å². The molecule has 2 aromatic carbocycles. The van der Waals surface area contributed by atoms with Crippen LogP contribution in [0.15, 0.2) is 59.4 Å². The molecule has 3 rings (SSSR count). The van der Waals surface area contributed by atoms with Gasteiger partial charge in [-0.15, -0.1) is 0 Å². The average Bonchev–Trinajstić information content (AvgIpc) is 2.78. The SMILES string of the molecule is COc1ccc(-c2nn(CC(=O)NCCCc3cccc(F)c3)c(=O)cc2OC)cc1. The molecule has 0 unspecified atom stereocenters. The van der Waals surface area contributed by atoms with Crippen LogP contribution in [0, 0.1) is 5.82 Å². The molecule has 1 amide bonds. The molecule has 0 radical (unpaired) electrons. The number of benzene rings is 2. The van der Waals surface area contributed by atoms with Crippen LogP contribution < -0.4 is 20.3 Å². The van der Waals surface area contributed by atoms with Gasteiger partial charge < -0.3 is 14.8 Å². The standard InChI is InChI=1S/C23H24FN3O4/c1-30-19-10-8-17(9-11-19)23-20(31-2)14-22(29)27(26-23)15-21(28)25-12-4-6-16-5-3-7-18(24)13-16/h3,5,7-11,13-14H,4,6,12,15H2,1-2H3,(H,25,28). The van der Waals surface area contributed by atoms with E-state index >= 15 is 0 Å². The molecule has 7 nitrogen and oxygen atoms in total. The van der Waals surface area contributed by atoms with Crippen LogP contribution in [0.4, 0.5) is 4.39 Å². The highest BCUT2D eigenvalue weighted by Crippen LogP contribution is 2.27. The van der Waals surface area contributed by atoms with E-state index < -0.39 is 5.56 Å². The Balaban J connectivity index is 1.64. The van der Waals surface area contributed by atoms with Gasteiger partial charge in [-0.2, -0.15) is 5.10 Å². The van der Waals surface area contributed by atoms with Gasteiger partial charge in [0, 0.05) is 18.2 Å². The molecule has 0 spiro atoms. The predicted octanol–water partition coefficient (Wildman–Crippen LogP) is 2.82. The lowest BCUT2D eigenvalue weighted by Crippen LogP contribution is -2.34. The minimum absolute atomic E-state index is 0.216. The van der Waals surface area contributed by atoms with E-state index in [1.54, 1.807) is 37.4 Å². The van der Waals surface area contributed by atoms with E-state index in [0.29, 0.717) is 36.6 Å². The van der Waals surface area contributed by atoms with Crippen LogP contribution >= 0.6 is 0 Å². The predicted molar refractivity (Wildman–Crippen MR) is 115 cm³/mol. The highest BCUT2D eigenvalue weighted by atomic mass is 19.1. The third kappa shape index (κ3) is 5.91. The van der Waals surface area contributed by atoms with E-state index in [4.69, 9.17) is 9.47 Å². The van der Waals surface area contributed by atoms with Crippen LogP contribution in [0.25, 0.3) is 11.3 Å². The summed E-state index contributed by atoms with van der Waals surface area (Å²) >= 11 is 0. The molecule has 3 aromatic rings. The normalized spacial score (nSPS) is 10.5. The first-order valence-corrected chi connectivity index (χ1v) is 9.82. The number of carbonyl (C=O) groups is 1. The van der Waals surface area contributed by atoms with Crippen molar-refractivity contribution in [3.8, 4) is 22.8 Å². The fraction of sp³-hybridized carbons (Fsp3) is 0.261. The van der Waals surface area contributed by atoms with Crippen LogP contribution in [0.2, 0.25) is 0 Å². The number of carbonyl (C=O) groups excluding carboxylic acids is 1. The highest BCUT2D eigenvalue weighted by Gasteiger charge is 2.14. The fourth-order valence-corrected chi connectivity index (χ4v) is 3.10. The molecule has 0 aliphatic rings. The van der Waals surface area contributed by atoms with Gasteiger partial charge in [0.05, 0.1) is 14.2 Å². The van der Waals surface area contributed by atoms with Gasteiger partial charge in [0.1, 0.15) is 23.8 Å². The maximum Gasteiger partial charge on any atom is 0.270 e. The maximum atomic E-state index is 13.2. The number of ether oxygens (including phenoxy) is 2. The third-order valence-corrected chi connectivity index (χ3v) is 4.69. The highest BCUT2D eigenvalue weighted by molar-refractivity contribution is 5.75. The zero-order valence-electron chi connectivity index (χ0n) is 17.4. The number of aryl methyl sites for hydroxylation is 1. The molecule has 0 atom stereocenters. The van der Waals surface area contributed by atoms with Crippen LogP contribution in [-0.4, -0.2) is 36.5 Å². The van der Waals surface area contributed by atoms with Crippen molar-refractivity contribution in [3.05, 3.63) is 76.3 Å². The van der Waals surface area contributed by atoms with Gasteiger partial charge in [-0.1, -0.05) is 12.1 Å². The number of aromatic nitrogens is 2. The summed E-state index contributed by atoms with van der Waals surface area (Å²) in [7, 11) is 3.03. The summed E-state index contributed by atoms with van der Waals surface area (Å²) in [6, 6.07) is 14.8. The van der Waals surface area contributed by atoms with Crippen LogP contribution in [0.1, 0.15) is 12.0 Å². The molecule has 0 aliphatic heterocycles. The summed E-state index contributed by atoms with van der Waals surface area (Å²) in [5.74, 6) is 0.398. The fourth-order valence-electron chi connectivity index (χ4n) is 3.10. The van der Waals surface area contributed by atoms with Gasteiger partial charge >= 0.3 is 0 Å². The lowest BCUT2D eigenvalue weighted by molar-refractivity contribution is -0.121. The van der Waals surface area contributed by atoms with Gasteiger partial charge in [0.15, 0.2) is 5.75 Å². The van der Waals surface area contributed by atoms with Crippen molar-refractivity contribution in [3.63, 3.8) is 0 Å². The lowest BCUT2D eigenvalue weighted by atomic mass is 10.1. The molecule has 1 aromatic heterocycles. The topological polar surface area (TPSA) is 82.5 Å². The molecule has 0 aliphatic carbocycles. The number of halogens is 1. The van der Waals surface area contributed by atoms with Crippen molar-refractivity contribution >= 4 is 5.91 Å².